The number of piperidine rings is 1. The second-order valence-electron chi connectivity index (χ2n) is 9.77. The Morgan fingerprint density at radius 1 is 1.14 bits per heavy atom. The smallest absolute Gasteiger partial charge is 0.346 e. The van der Waals surface area contributed by atoms with Crippen molar-refractivity contribution in [3.8, 4) is 11.5 Å². The Hall–Kier alpha value is -2.75. The van der Waals surface area contributed by atoms with Crippen LogP contribution in [0.1, 0.15) is 38.2 Å². The van der Waals surface area contributed by atoms with Gasteiger partial charge in [0.2, 0.25) is 0 Å². The quantitative estimate of drug-likeness (QED) is 0.507. The fourth-order valence-corrected chi connectivity index (χ4v) is 5.71. The van der Waals surface area contributed by atoms with E-state index < -0.39 is 6.10 Å². The van der Waals surface area contributed by atoms with Crippen LogP contribution >= 0.6 is 0 Å². The first-order chi connectivity index (χ1) is 16.9. The highest BCUT2D eigenvalue weighted by atomic mass is 19.1. The van der Waals surface area contributed by atoms with Gasteiger partial charge in [-0.15, -0.1) is 5.10 Å². The van der Waals surface area contributed by atoms with Gasteiger partial charge in [-0.05, 0) is 50.8 Å². The molecule has 1 N–H and O–H groups in total. The van der Waals surface area contributed by atoms with Crippen molar-refractivity contribution in [3.63, 3.8) is 0 Å². The van der Waals surface area contributed by atoms with E-state index in [1.165, 1.54) is 10.7 Å². The standard InChI is InChI=1S/C26H34FN5O3/c1-3-30-25(24-9-6-12-29(24)2)28-32(26(30)34)16-21(33)15-31-19-10-11-20(31)14-22(13-19)35-17-18-7-4-5-8-23(18)27/h4-9,12,19-22,33H,3,10-11,13-17H2,1-2H3. The van der Waals surface area contributed by atoms with Gasteiger partial charge in [0.1, 0.15) is 5.82 Å². The minimum absolute atomic E-state index is 0.0937. The minimum Gasteiger partial charge on any atom is -0.390 e. The number of aromatic nitrogens is 4. The van der Waals surface area contributed by atoms with Gasteiger partial charge in [0.25, 0.3) is 0 Å². The van der Waals surface area contributed by atoms with Crippen molar-refractivity contribution in [1.82, 2.24) is 23.8 Å². The third-order valence-corrected chi connectivity index (χ3v) is 7.49. The molecule has 2 fully saturated rings. The molecule has 0 radical (unpaired) electrons. The highest BCUT2D eigenvalue weighted by Gasteiger charge is 2.41. The third kappa shape index (κ3) is 4.85. The number of halogens is 1. The number of fused-ring (bicyclic) bond motifs is 2. The molecule has 0 aliphatic carbocycles. The van der Waals surface area contributed by atoms with E-state index in [2.05, 4.69) is 10.00 Å². The van der Waals surface area contributed by atoms with Crippen LogP contribution in [0, 0.1) is 5.82 Å². The number of hydrogen-bond donors (Lipinski definition) is 1. The summed E-state index contributed by atoms with van der Waals surface area (Å²) in [5.74, 6) is 0.386. The second-order valence-corrected chi connectivity index (χ2v) is 9.77. The maximum atomic E-state index is 13.9. The molecule has 35 heavy (non-hydrogen) atoms. The summed E-state index contributed by atoms with van der Waals surface area (Å²) >= 11 is 0. The SMILES string of the molecule is CCn1c(-c2cccn2C)nn(CC(O)CN2C3CCC2CC(OCc2ccccc2F)C3)c1=O. The maximum absolute atomic E-state index is 13.9. The molecular weight excluding hydrogens is 449 g/mol. The lowest BCUT2D eigenvalue weighted by atomic mass is 9.99. The lowest BCUT2D eigenvalue weighted by molar-refractivity contribution is -0.0408. The van der Waals surface area contributed by atoms with Crippen LogP contribution in [0.5, 0.6) is 0 Å². The van der Waals surface area contributed by atoms with E-state index in [-0.39, 0.29) is 30.8 Å². The third-order valence-electron chi connectivity index (χ3n) is 7.49. The van der Waals surface area contributed by atoms with E-state index >= 15 is 0 Å². The average Bonchev–Trinajstić information content (AvgIpc) is 3.46. The Balaban J connectivity index is 1.20. The van der Waals surface area contributed by atoms with E-state index in [9.17, 15) is 14.3 Å². The molecular formula is C26H34FN5O3. The van der Waals surface area contributed by atoms with Crippen LogP contribution < -0.4 is 5.69 Å². The van der Waals surface area contributed by atoms with Crippen LogP contribution in [-0.2, 0) is 31.5 Å². The van der Waals surface area contributed by atoms with Crippen molar-refractivity contribution < 1.29 is 14.2 Å². The molecule has 0 saturated carbocycles. The normalized spacial score (nSPS) is 23.1. The van der Waals surface area contributed by atoms with Crippen LogP contribution in [-0.4, -0.2) is 59.8 Å². The van der Waals surface area contributed by atoms with Gasteiger partial charge in [-0.3, -0.25) is 9.47 Å². The summed E-state index contributed by atoms with van der Waals surface area (Å²) in [7, 11) is 1.92. The first-order valence-corrected chi connectivity index (χ1v) is 12.5. The lowest BCUT2D eigenvalue weighted by Crippen LogP contribution is -2.49. The second kappa shape index (κ2) is 10.1. The molecule has 2 saturated heterocycles. The molecule has 5 rings (SSSR count). The fourth-order valence-electron chi connectivity index (χ4n) is 5.71. The van der Waals surface area contributed by atoms with E-state index in [0.717, 1.165) is 31.4 Å². The number of nitrogens with zero attached hydrogens (tertiary/aromatic N) is 5. The molecule has 0 spiro atoms. The van der Waals surface area contributed by atoms with Crippen LogP contribution in [0.3, 0.4) is 0 Å². The zero-order valence-corrected chi connectivity index (χ0v) is 20.4. The molecule has 3 atom stereocenters. The van der Waals surface area contributed by atoms with Gasteiger partial charge < -0.3 is 14.4 Å². The first-order valence-electron chi connectivity index (χ1n) is 12.5. The summed E-state index contributed by atoms with van der Waals surface area (Å²) in [4.78, 5) is 15.3. The van der Waals surface area contributed by atoms with Gasteiger partial charge in [0.05, 0.1) is 31.1 Å². The van der Waals surface area contributed by atoms with E-state index in [1.807, 2.05) is 42.9 Å². The minimum atomic E-state index is -0.701. The number of aliphatic hydroxyl groups excluding tert-OH is 1. The zero-order valence-electron chi connectivity index (χ0n) is 20.4. The largest absolute Gasteiger partial charge is 0.390 e. The van der Waals surface area contributed by atoms with Crippen molar-refractivity contribution in [2.75, 3.05) is 6.54 Å². The predicted octanol–water partition coefficient (Wildman–Crippen LogP) is 2.78. The lowest BCUT2D eigenvalue weighted by Gasteiger charge is -2.39. The fraction of sp³-hybridized carbons (Fsp3) is 0.538. The molecule has 3 aromatic rings. The summed E-state index contributed by atoms with van der Waals surface area (Å²) < 4.78 is 25.0. The Morgan fingerprint density at radius 2 is 1.89 bits per heavy atom. The molecule has 4 heterocycles. The molecule has 2 aliphatic rings. The van der Waals surface area contributed by atoms with Crippen LogP contribution in [0.2, 0.25) is 0 Å². The monoisotopic (exact) mass is 483 g/mol. The van der Waals surface area contributed by atoms with Gasteiger partial charge in [0, 0.05) is 44.0 Å². The van der Waals surface area contributed by atoms with E-state index in [4.69, 9.17) is 4.74 Å². The Morgan fingerprint density at radius 3 is 2.54 bits per heavy atom. The van der Waals surface area contributed by atoms with Gasteiger partial charge in [-0.25, -0.2) is 13.9 Å². The summed E-state index contributed by atoms with van der Waals surface area (Å²) in [5, 5.41) is 15.5. The van der Waals surface area contributed by atoms with Gasteiger partial charge in [-0.2, -0.15) is 0 Å². The number of benzene rings is 1. The molecule has 188 valence electrons. The maximum Gasteiger partial charge on any atom is 0.346 e. The van der Waals surface area contributed by atoms with Crippen molar-refractivity contribution in [1.29, 1.82) is 0 Å². The van der Waals surface area contributed by atoms with Crippen molar-refractivity contribution in [2.45, 2.75) is 76.6 Å². The summed E-state index contributed by atoms with van der Waals surface area (Å²) in [5.41, 5.74) is 1.25. The molecule has 8 nitrogen and oxygen atoms in total. The molecule has 9 heteroatoms. The molecule has 3 unspecified atom stereocenters. The molecule has 2 aromatic heterocycles. The zero-order chi connectivity index (χ0) is 24.5. The number of ether oxygens (including phenoxy) is 1. The highest BCUT2D eigenvalue weighted by molar-refractivity contribution is 5.50. The van der Waals surface area contributed by atoms with E-state index in [1.54, 1.807) is 16.7 Å². The Bertz CT molecular complexity index is 1200. The van der Waals surface area contributed by atoms with Crippen molar-refractivity contribution in [2.24, 2.45) is 7.05 Å². The summed E-state index contributed by atoms with van der Waals surface area (Å²) in [6, 6.07) is 11.3. The number of rotatable bonds is 9. The number of aryl methyl sites for hydroxylation is 1. The van der Waals surface area contributed by atoms with Gasteiger partial charge in [-0.1, -0.05) is 18.2 Å². The highest BCUT2D eigenvalue weighted by Crippen LogP contribution is 2.37. The summed E-state index contributed by atoms with van der Waals surface area (Å²) in [6.45, 7) is 3.38. The van der Waals surface area contributed by atoms with Crippen LogP contribution in [0.25, 0.3) is 11.5 Å². The Labute approximate surface area is 204 Å². The van der Waals surface area contributed by atoms with Gasteiger partial charge in [0.15, 0.2) is 5.82 Å². The van der Waals surface area contributed by atoms with Crippen LogP contribution in [0.4, 0.5) is 4.39 Å². The molecule has 2 bridgehead atoms. The topological polar surface area (TPSA) is 77.4 Å². The average molecular weight is 484 g/mol. The van der Waals surface area contributed by atoms with Crippen LogP contribution in [0.15, 0.2) is 47.4 Å². The molecule has 2 aliphatic heterocycles. The predicted molar refractivity (Wildman–Crippen MR) is 130 cm³/mol. The number of hydrogen-bond acceptors (Lipinski definition) is 5. The Kier molecular flexibility index (Phi) is 6.91. The molecule has 1 aromatic carbocycles. The number of aliphatic hydroxyl groups is 1. The first kappa shape index (κ1) is 24.0. The molecule has 0 amide bonds. The van der Waals surface area contributed by atoms with Crippen molar-refractivity contribution >= 4 is 0 Å². The summed E-state index contributed by atoms with van der Waals surface area (Å²) in [6.07, 6.45) is 5.20. The van der Waals surface area contributed by atoms with Gasteiger partial charge >= 0.3 is 5.69 Å². The van der Waals surface area contributed by atoms with E-state index in [0.29, 0.717) is 36.6 Å². The van der Waals surface area contributed by atoms with Crippen molar-refractivity contribution in [3.05, 3.63) is 64.5 Å².